The molecule has 1 unspecified atom stereocenters. The topological polar surface area (TPSA) is 38.3 Å². The van der Waals surface area contributed by atoms with Crippen molar-refractivity contribution >= 4 is 43.5 Å². The van der Waals surface area contributed by atoms with Gasteiger partial charge in [0.15, 0.2) is 0 Å². The van der Waals surface area contributed by atoms with Gasteiger partial charge in [-0.2, -0.15) is 0 Å². The summed E-state index contributed by atoms with van der Waals surface area (Å²) in [6, 6.07) is 4.01. The first kappa shape index (κ1) is 17.5. The molecule has 0 aliphatic rings. The third kappa shape index (κ3) is 5.09. The van der Waals surface area contributed by atoms with Crippen LogP contribution in [0, 0.1) is 0 Å². The van der Waals surface area contributed by atoms with Gasteiger partial charge in [-0.15, -0.1) is 0 Å². The summed E-state index contributed by atoms with van der Waals surface area (Å²) < 4.78 is 6.54. The van der Waals surface area contributed by atoms with E-state index in [0.29, 0.717) is 11.6 Å². The second kappa shape index (κ2) is 8.67. The fraction of sp³-hybridized carbons (Fsp3) is 0.533. The number of nitrogens with one attached hydrogen (secondary N) is 1. The monoisotopic (exact) mass is 405 g/mol. The van der Waals surface area contributed by atoms with Crippen LogP contribution in [-0.4, -0.2) is 19.1 Å². The van der Waals surface area contributed by atoms with Crippen molar-refractivity contribution in [2.75, 3.05) is 12.4 Å². The third-order valence-corrected chi connectivity index (χ3v) is 4.17. The normalized spacial score (nSPS) is 12.1. The lowest BCUT2D eigenvalue weighted by molar-refractivity contribution is 0.0601. The lowest BCUT2D eigenvalue weighted by Crippen LogP contribution is -2.18. The quantitative estimate of drug-likeness (QED) is 0.488. The standard InChI is InChI=1S/C15H21Br2NO2/c1-4-5-6-7-10(2)18-14-12(15(19)20-3)8-11(16)9-13(14)17/h8-10,18H,4-7H2,1-3H3. The molecule has 0 amide bonds. The molecule has 0 spiro atoms. The summed E-state index contributed by atoms with van der Waals surface area (Å²) in [6.45, 7) is 4.32. The first-order valence-corrected chi connectivity index (χ1v) is 8.42. The van der Waals surface area contributed by atoms with E-state index in [1.807, 2.05) is 6.07 Å². The Bertz CT molecular complexity index is 463. The molecule has 0 aliphatic carbocycles. The average molecular weight is 407 g/mol. The number of hydrogen-bond acceptors (Lipinski definition) is 3. The Morgan fingerprint density at radius 2 is 2.05 bits per heavy atom. The van der Waals surface area contributed by atoms with Crippen LogP contribution in [-0.2, 0) is 4.74 Å². The van der Waals surface area contributed by atoms with Gasteiger partial charge in [-0.3, -0.25) is 0 Å². The van der Waals surface area contributed by atoms with Gasteiger partial charge in [0.2, 0.25) is 0 Å². The highest BCUT2D eigenvalue weighted by Gasteiger charge is 2.17. The molecule has 1 N–H and O–H groups in total. The predicted octanol–water partition coefficient (Wildman–Crippen LogP) is 5.38. The molecule has 0 heterocycles. The molecule has 1 rings (SSSR count). The minimum absolute atomic E-state index is 0.308. The van der Waals surface area contributed by atoms with Crippen molar-refractivity contribution in [1.29, 1.82) is 0 Å². The maximum absolute atomic E-state index is 11.9. The molecule has 0 saturated heterocycles. The molecule has 1 aromatic rings. The summed E-state index contributed by atoms with van der Waals surface area (Å²) in [4.78, 5) is 11.9. The van der Waals surface area contributed by atoms with Crippen LogP contribution in [0.15, 0.2) is 21.1 Å². The number of halogens is 2. The van der Waals surface area contributed by atoms with Crippen LogP contribution in [0.5, 0.6) is 0 Å². The van der Waals surface area contributed by atoms with Crippen molar-refractivity contribution in [2.24, 2.45) is 0 Å². The van der Waals surface area contributed by atoms with Crippen LogP contribution in [0.2, 0.25) is 0 Å². The van der Waals surface area contributed by atoms with Crippen LogP contribution >= 0.6 is 31.9 Å². The zero-order chi connectivity index (χ0) is 15.1. The highest BCUT2D eigenvalue weighted by atomic mass is 79.9. The number of ether oxygens (including phenoxy) is 1. The number of anilines is 1. The maximum Gasteiger partial charge on any atom is 0.340 e. The Balaban J connectivity index is 2.90. The predicted molar refractivity (Wildman–Crippen MR) is 90.4 cm³/mol. The van der Waals surface area contributed by atoms with E-state index in [0.717, 1.165) is 21.1 Å². The number of benzene rings is 1. The molecule has 0 fully saturated rings. The molecule has 1 aromatic carbocycles. The third-order valence-electron chi connectivity index (χ3n) is 3.09. The Labute approximate surface area is 137 Å². The number of unbranched alkanes of at least 4 members (excludes halogenated alkanes) is 2. The van der Waals surface area contributed by atoms with E-state index in [2.05, 4.69) is 51.0 Å². The van der Waals surface area contributed by atoms with Gasteiger partial charge >= 0.3 is 5.97 Å². The Kier molecular flexibility index (Phi) is 7.59. The van der Waals surface area contributed by atoms with Crippen molar-refractivity contribution in [3.63, 3.8) is 0 Å². The van der Waals surface area contributed by atoms with Gasteiger partial charge in [-0.1, -0.05) is 42.1 Å². The van der Waals surface area contributed by atoms with Crippen molar-refractivity contribution < 1.29 is 9.53 Å². The molecular weight excluding hydrogens is 386 g/mol. The highest BCUT2D eigenvalue weighted by molar-refractivity contribution is 9.11. The molecule has 3 nitrogen and oxygen atoms in total. The van der Waals surface area contributed by atoms with E-state index in [1.165, 1.54) is 26.4 Å². The summed E-state index contributed by atoms with van der Waals surface area (Å²) in [7, 11) is 1.39. The van der Waals surface area contributed by atoms with Gasteiger partial charge in [0.1, 0.15) is 0 Å². The number of hydrogen-bond donors (Lipinski definition) is 1. The van der Waals surface area contributed by atoms with Gasteiger partial charge in [0, 0.05) is 15.0 Å². The Hall–Kier alpha value is -0.550. The fourth-order valence-electron chi connectivity index (χ4n) is 2.01. The van der Waals surface area contributed by atoms with E-state index in [9.17, 15) is 4.79 Å². The molecule has 0 aliphatic heterocycles. The summed E-state index contributed by atoms with van der Waals surface area (Å²) in [5, 5.41) is 3.41. The zero-order valence-electron chi connectivity index (χ0n) is 12.1. The Morgan fingerprint density at radius 3 is 2.65 bits per heavy atom. The fourth-order valence-corrected chi connectivity index (χ4v) is 3.35. The minimum Gasteiger partial charge on any atom is -0.465 e. The largest absolute Gasteiger partial charge is 0.465 e. The smallest absolute Gasteiger partial charge is 0.340 e. The van der Waals surface area contributed by atoms with Crippen LogP contribution in [0.4, 0.5) is 5.69 Å². The molecule has 1 atom stereocenters. The summed E-state index contributed by atoms with van der Waals surface area (Å²) in [6.07, 6.45) is 4.71. The first-order chi connectivity index (χ1) is 9.49. The van der Waals surface area contributed by atoms with E-state index in [-0.39, 0.29) is 5.97 Å². The Morgan fingerprint density at radius 1 is 1.35 bits per heavy atom. The van der Waals surface area contributed by atoms with Gasteiger partial charge < -0.3 is 10.1 Å². The average Bonchev–Trinajstić information content (AvgIpc) is 2.41. The van der Waals surface area contributed by atoms with Crippen molar-refractivity contribution in [1.82, 2.24) is 0 Å². The number of carbonyl (C=O) groups excluding carboxylic acids is 1. The second-order valence-electron chi connectivity index (χ2n) is 4.84. The second-order valence-corrected chi connectivity index (χ2v) is 6.61. The highest BCUT2D eigenvalue weighted by Crippen LogP contribution is 2.32. The molecule has 0 radical (unpaired) electrons. The molecule has 5 heteroatoms. The van der Waals surface area contributed by atoms with Crippen molar-refractivity contribution in [3.05, 3.63) is 26.6 Å². The van der Waals surface area contributed by atoms with E-state index < -0.39 is 0 Å². The summed E-state index contributed by atoms with van der Waals surface area (Å²) in [5.41, 5.74) is 1.33. The van der Waals surface area contributed by atoms with Crippen LogP contribution in [0.1, 0.15) is 49.9 Å². The van der Waals surface area contributed by atoms with Crippen molar-refractivity contribution in [3.8, 4) is 0 Å². The molecule has 0 bridgehead atoms. The van der Waals surface area contributed by atoms with E-state index in [4.69, 9.17) is 4.74 Å². The molecule has 20 heavy (non-hydrogen) atoms. The van der Waals surface area contributed by atoms with E-state index in [1.54, 1.807) is 6.07 Å². The van der Waals surface area contributed by atoms with E-state index >= 15 is 0 Å². The van der Waals surface area contributed by atoms with Gasteiger partial charge in [0.25, 0.3) is 0 Å². The SMILES string of the molecule is CCCCCC(C)Nc1c(Br)cc(Br)cc1C(=O)OC. The van der Waals surface area contributed by atoms with Gasteiger partial charge in [0.05, 0.1) is 18.4 Å². The molecule has 0 saturated carbocycles. The molecular formula is C15H21Br2NO2. The number of rotatable bonds is 7. The molecule has 112 valence electrons. The van der Waals surface area contributed by atoms with Crippen LogP contribution in [0.3, 0.4) is 0 Å². The minimum atomic E-state index is -0.338. The van der Waals surface area contributed by atoms with Crippen LogP contribution in [0.25, 0.3) is 0 Å². The lowest BCUT2D eigenvalue weighted by atomic mass is 10.1. The zero-order valence-corrected chi connectivity index (χ0v) is 15.3. The molecule has 0 aromatic heterocycles. The number of methoxy groups -OCH3 is 1. The van der Waals surface area contributed by atoms with Gasteiger partial charge in [-0.25, -0.2) is 4.79 Å². The number of esters is 1. The summed E-state index contributed by atoms with van der Waals surface area (Å²) >= 11 is 6.90. The van der Waals surface area contributed by atoms with Gasteiger partial charge in [-0.05, 0) is 41.4 Å². The van der Waals surface area contributed by atoms with Crippen molar-refractivity contribution in [2.45, 2.75) is 45.6 Å². The lowest BCUT2D eigenvalue weighted by Gasteiger charge is -2.19. The number of carbonyl (C=O) groups is 1. The maximum atomic E-state index is 11.9. The first-order valence-electron chi connectivity index (χ1n) is 6.83. The van der Waals surface area contributed by atoms with Crippen LogP contribution < -0.4 is 5.32 Å². The summed E-state index contributed by atoms with van der Waals surface area (Å²) in [5.74, 6) is -0.338.